The number of likely N-dealkylation sites (tertiary alicyclic amines) is 1. The average molecular weight is 147 g/mol. The van der Waals surface area contributed by atoms with Crippen LogP contribution < -0.4 is 0 Å². The highest BCUT2D eigenvalue weighted by atomic mass is 15.2. The maximum atomic E-state index is 3.19. The van der Waals surface area contributed by atoms with Crippen molar-refractivity contribution >= 4 is 7.28 Å². The first-order valence-corrected chi connectivity index (χ1v) is 4.58. The molecule has 2 aliphatic rings. The van der Waals surface area contributed by atoms with Crippen LogP contribution >= 0.6 is 0 Å². The quantitative estimate of drug-likeness (QED) is 0.383. The van der Waals surface area contributed by atoms with E-state index in [1.54, 1.807) is 0 Å². The van der Waals surface area contributed by atoms with E-state index in [1.807, 2.05) is 0 Å². The summed E-state index contributed by atoms with van der Waals surface area (Å²) in [6.07, 6.45) is 1.50. The van der Waals surface area contributed by atoms with Gasteiger partial charge in [0.05, 0.1) is 6.54 Å². The molecule has 0 aromatic heterocycles. The molecule has 1 aliphatic carbocycles. The number of piperidine rings is 1. The van der Waals surface area contributed by atoms with Gasteiger partial charge in [-0.25, -0.2) is 0 Å². The summed E-state index contributed by atoms with van der Waals surface area (Å²) < 4.78 is 0. The summed E-state index contributed by atoms with van der Waals surface area (Å²) in [5, 5.41) is 0. The van der Waals surface area contributed by atoms with E-state index in [4.69, 9.17) is 0 Å². The van der Waals surface area contributed by atoms with Crippen molar-refractivity contribution in [2.24, 2.45) is 11.8 Å². The standard InChI is InChI=1S/C9H14BN/c1-10-3-2-4-11-6-8-5-9(8)7-11/h8-10H,4-7H2,1H3. The lowest BCUT2D eigenvalue weighted by atomic mass is 9.84. The number of fused-ring (bicyclic) bond motifs is 1. The van der Waals surface area contributed by atoms with Crippen LogP contribution in [0.5, 0.6) is 0 Å². The van der Waals surface area contributed by atoms with Gasteiger partial charge in [0.15, 0.2) is 0 Å². The lowest BCUT2D eigenvalue weighted by Crippen LogP contribution is -2.22. The lowest BCUT2D eigenvalue weighted by molar-refractivity contribution is 0.343. The summed E-state index contributed by atoms with van der Waals surface area (Å²) in [4.78, 5) is 2.49. The van der Waals surface area contributed by atoms with Crippen molar-refractivity contribution in [3.05, 3.63) is 0 Å². The Morgan fingerprint density at radius 1 is 1.45 bits per heavy atom. The van der Waals surface area contributed by atoms with Gasteiger partial charge in [-0.2, -0.15) is 5.82 Å². The number of nitrogens with zero attached hydrogens (tertiary/aromatic N) is 1. The highest BCUT2D eigenvalue weighted by Gasteiger charge is 2.44. The fraction of sp³-hybridized carbons (Fsp3) is 0.778. The second-order valence-corrected chi connectivity index (χ2v) is 3.66. The molecule has 0 spiro atoms. The SMILES string of the molecule is CBC#CCN1CC2CC2C1. The topological polar surface area (TPSA) is 3.24 Å². The first-order chi connectivity index (χ1) is 5.40. The van der Waals surface area contributed by atoms with Gasteiger partial charge in [-0.05, 0) is 18.3 Å². The van der Waals surface area contributed by atoms with Crippen LogP contribution in [0.25, 0.3) is 0 Å². The third-order valence-electron chi connectivity index (χ3n) is 2.66. The van der Waals surface area contributed by atoms with Crippen molar-refractivity contribution in [1.82, 2.24) is 4.90 Å². The summed E-state index contributed by atoms with van der Waals surface area (Å²) >= 11 is 0. The molecule has 0 N–H and O–H groups in total. The molecule has 0 bridgehead atoms. The molecule has 2 rings (SSSR count). The maximum Gasteiger partial charge on any atom is 0.210 e. The minimum absolute atomic E-state index is 1.00. The van der Waals surface area contributed by atoms with Crippen LogP contribution in [-0.2, 0) is 0 Å². The van der Waals surface area contributed by atoms with Crippen LogP contribution in [0.15, 0.2) is 0 Å². The van der Waals surface area contributed by atoms with E-state index in [-0.39, 0.29) is 0 Å². The Balaban J connectivity index is 1.72. The summed E-state index contributed by atoms with van der Waals surface area (Å²) in [5.41, 5.74) is 0. The van der Waals surface area contributed by atoms with Crippen LogP contribution in [0.3, 0.4) is 0 Å². The molecule has 2 heteroatoms. The zero-order valence-corrected chi connectivity index (χ0v) is 7.14. The third-order valence-corrected chi connectivity index (χ3v) is 2.66. The molecule has 11 heavy (non-hydrogen) atoms. The van der Waals surface area contributed by atoms with Crippen LogP contribution in [0.2, 0.25) is 6.82 Å². The van der Waals surface area contributed by atoms with Gasteiger partial charge in [0.1, 0.15) is 0 Å². The third kappa shape index (κ3) is 1.60. The van der Waals surface area contributed by atoms with Crippen molar-refractivity contribution in [3.63, 3.8) is 0 Å². The van der Waals surface area contributed by atoms with Crippen LogP contribution in [-0.4, -0.2) is 31.8 Å². The molecule has 0 radical (unpaired) electrons. The van der Waals surface area contributed by atoms with E-state index in [1.165, 1.54) is 19.5 Å². The van der Waals surface area contributed by atoms with Gasteiger partial charge >= 0.3 is 0 Å². The van der Waals surface area contributed by atoms with E-state index in [0.29, 0.717) is 0 Å². The molecule has 1 nitrogen and oxygen atoms in total. The van der Waals surface area contributed by atoms with Gasteiger partial charge < -0.3 is 0 Å². The Hall–Kier alpha value is -0.415. The Morgan fingerprint density at radius 2 is 2.18 bits per heavy atom. The fourth-order valence-corrected chi connectivity index (χ4v) is 1.92. The molecular formula is C9H14BN. The lowest BCUT2D eigenvalue weighted by Gasteiger charge is -2.12. The minimum Gasteiger partial charge on any atom is -0.292 e. The summed E-state index contributed by atoms with van der Waals surface area (Å²) in [6.45, 7) is 5.77. The van der Waals surface area contributed by atoms with Crippen molar-refractivity contribution in [1.29, 1.82) is 0 Å². The molecule has 2 unspecified atom stereocenters. The van der Waals surface area contributed by atoms with Gasteiger partial charge in [0.2, 0.25) is 7.28 Å². The molecule has 0 amide bonds. The Kier molecular flexibility index (Phi) is 1.92. The maximum absolute atomic E-state index is 3.19. The van der Waals surface area contributed by atoms with Crippen molar-refractivity contribution < 1.29 is 0 Å². The Bertz CT molecular complexity index is 193. The predicted molar refractivity (Wildman–Crippen MR) is 48.8 cm³/mol. The second kappa shape index (κ2) is 2.91. The fourth-order valence-electron chi connectivity index (χ4n) is 1.92. The zero-order chi connectivity index (χ0) is 7.68. The average Bonchev–Trinajstić information content (AvgIpc) is 2.61. The van der Waals surface area contributed by atoms with Crippen molar-refractivity contribution in [2.75, 3.05) is 19.6 Å². The van der Waals surface area contributed by atoms with Crippen LogP contribution in [0.1, 0.15) is 6.42 Å². The number of hydrogen-bond acceptors (Lipinski definition) is 1. The predicted octanol–water partition coefficient (Wildman–Crippen LogP) is 0.384. The summed E-state index contributed by atoms with van der Waals surface area (Å²) in [5.74, 6) is 8.42. The first kappa shape index (κ1) is 7.25. The molecule has 2 atom stereocenters. The van der Waals surface area contributed by atoms with Crippen molar-refractivity contribution in [3.8, 4) is 11.7 Å². The summed E-state index contributed by atoms with van der Waals surface area (Å²) in [6, 6.07) is 0. The smallest absolute Gasteiger partial charge is 0.210 e. The molecular weight excluding hydrogens is 133 g/mol. The minimum atomic E-state index is 1.00. The number of hydrogen-bond donors (Lipinski definition) is 0. The Labute approximate surface area is 69.4 Å². The van der Waals surface area contributed by atoms with Gasteiger partial charge in [-0.1, -0.05) is 6.82 Å². The molecule has 2 fully saturated rings. The van der Waals surface area contributed by atoms with Crippen molar-refractivity contribution in [2.45, 2.75) is 13.2 Å². The highest BCUT2D eigenvalue weighted by Crippen LogP contribution is 2.44. The normalized spacial score (nSPS) is 33.9. The molecule has 1 saturated heterocycles. The van der Waals surface area contributed by atoms with Crippen LogP contribution in [0.4, 0.5) is 0 Å². The molecule has 0 aromatic rings. The second-order valence-electron chi connectivity index (χ2n) is 3.66. The highest BCUT2D eigenvalue weighted by molar-refractivity contribution is 6.44. The van der Waals surface area contributed by atoms with E-state index in [9.17, 15) is 0 Å². The molecule has 0 aromatic carbocycles. The summed E-state index contributed by atoms with van der Waals surface area (Å²) in [7, 11) is 1.00. The monoisotopic (exact) mass is 147 g/mol. The number of rotatable bonds is 1. The van der Waals surface area contributed by atoms with Gasteiger partial charge in [0, 0.05) is 13.1 Å². The van der Waals surface area contributed by atoms with E-state index in [0.717, 1.165) is 25.7 Å². The largest absolute Gasteiger partial charge is 0.292 e. The Morgan fingerprint density at radius 3 is 2.82 bits per heavy atom. The molecule has 1 saturated carbocycles. The molecule has 58 valence electrons. The molecule has 1 aliphatic heterocycles. The van der Waals surface area contributed by atoms with Gasteiger partial charge in [-0.3, -0.25) is 4.90 Å². The zero-order valence-electron chi connectivity index (χ0n) is 7.14. The van der Waals surface area contributed by atoms with E-state index >= 15 is 0 Å². The van der Waals surface area contributed by atoms with E-state index in [2.05, 4.69) is 23.5 Å². The van der Waals surface area contributed by atoms with E-state index < -0.39 is 0 Å². The first-order valence-electron chi connectivity index (χ1n) is 4.58. The van der Waals surface area contributed by atoms with Crippen LogP contribution in [0, 0.1) is 23.6 Å². The molecule has 1 heterocycles. The van der Waals surface area contributed by atoms with Gasteiger partial charge in [-0.15, -0.1) is 5.92 Å². The van der Waals surface area contributed by atoms with Gasteiger partial charge in [0.25, 0.3) is 0 Å².